The molecule has 6 heteroatoms. The number of likely N-dealkylation sites (tertiary alicyclic amines) is 1. The number of carbonyl (C=O) groups is 2. The number of benzene rings is 1. The lowest BCUT2D eigenvalue weighted by Crippen LogP contribution is -2.38. The Morgan fingerprint density at radius 1 is 1.32 bits per heavy atom. The molecular formula is C13H16BrN3O2. The molecule has 1 heterocycles. The molecular weight excluding hydrogens is 310 g/mol. The van der Waals surface area contributed by atoms with E-state index in [1.807, 2.05) is 0 Å². The molecule has 1 aromatic rings. The minimum atomic E-state index is -0.299. The van der Waals surface area contributed by atoms with Crippen LogP contribution < -0.4 is 11.1 Å². The van der Waals surface area contributed by atoms with E-state index in [9.17, 15) is 9.59 Å². The standard InChI is InChI=1S/C13H16BrN3O2/c14-12-9(4-3-5-10(12)15)13(19)16-8-11(18)17-6-1-2-7-17/h3-5H,1-2,6-8,15H2,(H,16,19). The van der Waals surface area contributed by atoms with Gasteiger partial charge in [0.1, 0.15) is 0 Å². The molecule has 5 nitrogen and oxygen atoms in total. The van der Waals surface area contributed by atoms with Gasteiger partial charge < -0.3 is 16.0 Å². The van der Waals surface area contributed by atoms with Crippen molar-refractivity contribution in [1.82, 2.24) is 10.2 Å². The van der Waals surface area contributed by atoms with Crippen LogP contribution in [0.3, 0.4) is 0 Å². The highest BCUT2D eigenvalue weighted by molar-refractivity contribution is 9.10. The molecule has 102 valence electrons. The van der Waals surface area contributed by atoms with E-state index in [4.69, 9.17) is 5.73 Å². The number of hydrogen-bond acceptors (Lipinski definition) is 3. The van der Waals surface area contributed by atoms with Crippen LogP contribution in [0, 0.1) is 0 Å². The molecule has 2 rings (SSSR count). The van der Waals surface area contributed by atoms with Gasteiger partial charge in [-0.3, -0.25) is 9.59 Å². The molecule has 1 saturated heterocycles. The number of nitrogens with one attached hydrogen (secondary N) is 1. The zero-order chi connectivity index (χ0) is 13.8. The summed E-state index contributed by atoms with van der Waals surface area (Å²) in [5.74, 6) is -0.336. The quantitative estimate of drug-likeness (QED) is 0.824. The topological polar surface area (TPSA) is 75.4 Å². The molecule has 2 amide bonds. The molecule has 3 N–H and O–H groups in total. The summed E-state index contributed by atoms with van der Waals surface area (Å²) in [5, 5.41) is 2.63. The van der Waals surface area contributed by atoms with Crippen molar-refractivity contribution < 1.29 is 9.59 Å². The molecule has 1 aromatic carbocycles. The van der Waals surface area contributed by atoms with Gasteiger partial charge in [-0.15, -0.1) is 0 Å². The Labute approximate surface area is 120 Å². The number of nitrogen functional groups attached to an aromatic ring is 1. The first-order chi connectivity index (χ1) is 9.09. The fourth-order valence-electron chi connectivity index (χ4n) is 2.05. The predicted molar refractivity (Wildman–Crippen MR) is 76.7 cm³/mol. The van der Waals surface area contributed by atoms with Gasteiger partial charge in [0.2, 0.25) is 5.91 Å². The zero-order valence-corrected chi connectivity index (χ0v) is 12.1. The second-order valence-corrected chi connectivity index (χ2v) is 5.27. The first-order valence-corrected chi connectivity index (χ1v) is 6.99. The lowest BCUT2D eigenvalue weighted by molar-refractivity contribution is -0.129. The van der Waals surface area contributed by atoms with Crippen LogP contribution in [-0.2, 0) is 4.79 Å². The van der Waals surface area contributed by atoms with E-state index in [1.54, 1.807) is 23.1 Å². The van der Waals surface area contributed by atoms with E-state index in [-0.39, 0.29) is 18.4 Å². The highest BCUT2D eigenvalue weighted by Crippen LogP contribution is 2.23. The number of halogens is 1. The monoisotopic (exact) mass is 325 g/mol. The molecule has 1 aliphatic heterocycles. The molecule has 0 unspecified atom stereocenters. The maximum atomic E-state index is 12.0. The van der Waals surface area contributed by atoms with Gasteiger partial charge in [0, 0.05) is 18.8 Å². The van der Waals surface area contributed by atoms with Crippen LogP contribution in [0.4, 0.5) is 5.69 Å². The molecule has 1 aliphatic rings. The van der Waals surface area contributed by atoms with Crippen LogP contribution in [0.25, 0.3) is 0 Å². The van der Waals surface area contributed by atoms with Gasteiger partial charge in [-0.1, -0.05) is 6.07 Å². The SMILES string of the molecule is Nc1cccc(C(=O)NCC(=O)N2CCCC2)c1Br. The largest absolute Gasteiger partial charge is 0.398 e. The second-order valence-electron chi connectivity index (χ2n) is 4.48. The van der Waals surface area contributed by atoms with Crippen molar-refractivity contribution in [3.05, 3.63) is 28.2 Å². The maximum Gasteiger partial charge on any atom is 0.252 e. The number of nitrogens with two attached hydrogens (primary N) is 1. The second kappa shape index (κ2) is 6.06. The summed E-state index contributed by atoms with van der Waals surface area (Å²) in [5.41, 5.74) is 6.65. The van der Waals surface area contributed by atoms with Crippen molar-refractivity contribution in [2.24, 2.45) is 0 Å². The number of rotatable bonds is 3. The molecule has 19 heavy (non-hydrogen) atoms. The van der Waals surface area contributed by atoms with E-state index in [1.165, 1.54) is 0 Å². The van der Waals surface area contributed by atoms with Gasteiger partial charge in [0.15, 0.2) is 0 Å². The summed E-state index contributed by atoms with van der Waals surface area (Å²) in [6.07, 6.45) is 2.08. The summed E-state index contributed by atoms with van der Waals surface area (Å²) in [4.78, 5) is 25.5. The molecule has 0 radical (unpaired) electrons. The molecule has 0 spiro atoms. The summed E-state index contributed by atoms with van der Waals surface area (Å²) in [6.45, 7) is 1.60. The van der Waals surface area contributed by atoms with E-state index in [0.29, 0.717) is 15.7 Å². The fraction of sp³-hybridized carbons (Fsp3) is 0.385. The average Bonchev–Trinajstić information content (AvgIpc) is 2.93. The summed E-state index contributed by atoms with van der Waals surface area (Å²) >= 11 is 3.27. The Morgan fingerprint density at radius 2 is 2.00 bits per heavy atom. The van der Waals surface area contributed by atoms with Crippen LogP contribution in [0.5, 0.6) is 0 Å². The summed E-state index contributed by atoms with van der Waals surface area (Å²) in [6, 6.07) is 5.07. The first-order valence-electron chi connectivity index (χ1n) is 6.19. The third kappa shape index (κ3) is 3.26. The lowest BCUT2D eigenvalue weighted by atomic mass is 10.2. The van der Waals surface area contributed by atoms with Gasteiger partial charge in [0.25, 0.3) is 5.91 Å². The van der Waals surface area contributed by atoms with E-state index in [0.717, 1.165) is 25.9 Å². The van der Waals surface area contributed by atoms with Gasteiger partial charge in [-0.05, 0) is 40.9 Å². The maximum absolute atomic E-state index is 12.0. The smallest absolute Gasteiger partial charge is 0.252 e. The van der Waals surface area contributed by atoms with Crippen molar-refractivity contribution in [2.45, 2.75) is 12.8 Å². The van der Waals surface area contributed by atoms with Gasteiger partial charge in [0.05, 0.1) is 16.6 Å². The Bertz CT molecular complexity index is 499. The number of nitrogens with zero attached hydrogens (tertiary/aromatic N) is 1. The van der Waals surface area contributed by atoms with E-state index < -0.39 is 0 Å². The first kappa shape index (κ1) is 13.9. The molecule has 0 aliphatic carbocycles. The van der Waals surface area contributed by atoms with Gasteiger partial charge in [-0.25, -0.2) is 0 Å². The highest BCUT2D eigenvalue weighted by atomic mass is 79.9. The third-order valence-electron chi connectivity index (χ3n) is 3.13. The van der Waals surface area contributed by atoms with Crippen LogP contribution in [0.1, 0.15) is 23.2 Å². The summed E-state index contributed by atoms with van der Waals surface area (Å²) < 4.78 is 0.557. The van der Waals surface area contributed by atoms with Crippen molar-refractivity contribution in [2.75, 3.05) is 25.4 Å². The van der Waals surface area contributed by atoms with Crippen molar-refractivity contribution in [3.8, 4) is 0 Å². The summed E-state index contributed by atoms with van der Waals surface area (Å²) in [7, 11) is 0. The average molecular weight is 326 g/mol. The fourth-order valence-corrected chi connectivity index (χ4v) is 2.50. The van der Waals surface area contributed by atoms with Crippen molar-refractivity contribution >= 4 is 33.4 Å². The molecule has 0 atom stereocenters. The highest BCUT2D eigenvalue weighted by Gasteiger charge is 2.19. The van der Waals surface area contributed by atoms with E-state index >= 15 is 0 Å². The number of anilines is 1. The number of amides is 2. The van der Waals surface area contributed by atoms with Crippen LogP contribution in [0.15, 0.2) is 22.7 Å². The minimum absolute atomic E-state index is 0.0278. The van der Waals surface area contributed by atoms with E-state index in [2.05, 4.69) is 21.2 Å². The molecule has 0 bridgehead atoms. The Morgan fingerprint density at radius 3 is 2.68 bits per heavy atom. The lowest BCUT2D eigenvalue weighted by Gasteiger charge is -2.15. The minimum Gasteiger partial charge on any atom is -0.398 e. The van der Waals surface area contributed by atoms with Crippen LogP contribution in [0.2, 0.25) is 0 Å². The Balaban J connectivity index is 1.94. The predicted octanol–water partition coefficient (Wildman–Crippen LogP) is 1.38. The van der Waals surface area contributed by atoms with Crippen LogP contribution >= 0.6 is 15.9 Å². The van der Waals surface area contributed by atoms with Crippen molar-refractivity contribution in [1.29, 1.82) is 0 Å². The van der Waals surface area contributed by atoms with Crippen LogP contribution in [-0.4, -0.2) is 36.3 Å². The Kier molecular flexibility index (Phi) is 4.42. The number of hydrogen-bond donors (Lipinski definition) is 2. The van der Waals surface area contributed by atoms with Crippen molar-refractivity contribution in [3.63, 3.8) is 0 Å². The molecule has 0 aromatic heterocycles. The molecule has 1 fully saturated rings. The Hall–Kier alpha value is -1.56. The van der Waals surface area contributed by atoms with Gasteiger partial charge in [-0.2, -0.15) is 0 Å². The van der Waals surface area contributed by atoms with Gasteiger partial charge >= 0.3 is 0 Å². The third-order valence-corrected chi connectivity index (χ3v) is 4.02. The normalized spacial score (nSPS) is 14.5. The zero-order valence-electron chi connectivity index (χ0n) is 10.5. The molecule has 0 saturated carbocycles. The number of carbonyl (C=O) groups excluding carboxylic acids is 2.